The van der Waals surface area contributed by atoms with Crippen LogP contribution in [0, 0.1) is 11.8 Å². The topological polar surface area (TPSA) is 41.6 Å². The van der Waals surface area contributed by atoms with E-state index in [1.165, 1.54) is 30.6 Å². The molecule has 26 heavy (non-hydrogen) atoms. The number of piperidine rings is 1. The van der Waals surface area contributed by atoms with Crippen molar-refractivity contribution in [2.24, 2.45) is 11.8 Å². The standard InChI is InChI=1S/C22H34N2O2/c1-17-12-18(2)15-24(14-17)16-20-7-4-3-6-19(20)13-23-22(25)10-9-21-8-5-11-26-21/h3-4,6-7,17-18,21H,5,8-16H2,1-2H3,(H,23,25)/t17-,18-,21+/m1/s1. The van der Waals surface area contributed by atoms with E-state index in [-0.39, 0.29) is 12.0 Å². The summed E-state index contributed by atoms with van der Waals surface area (Å²) >= 11 is 0. The van der Waals surface area contributed by atoms with Crippen LogP contribution in [-0.4, -0.2) is 36.6 Å². The van der Waals surface area contributed by atoms with Crippen molar-refractivity contribution in [3.05, 3.63) is 35.4 Å². The van der Waals surface area contributed by atoms with Gasteiger partial charge in [-0.2, -0.15) is 0 Å². The fraction of sp³-hybridized carbons (Fsp3) is 0.682. The van der Waals surface area contributed by atoms with Crippen LogP contribution < -0.4 is 5.32 Å². The molecule has 0 aliphatic carbocycles. The van der Waals surface area contributed by atoms with Crippen molar-refractivity contribution in [2.75, 3.05) is 19.7 Å². The van der Waals surface area contributed by atoms with Crippen molar-refractivity contribution in [3.63, 3.8) is 0 Å². The van der Waals surface area contributed by atoms with Crippen molar-refractivity contribution < 1.29 is 9.53 Å². The Kier molecular flexibility index (Phi) is 7.09. The average molecular weight is 359 g/mol. The summed E-state index contributed by atoms with van der Waals surface area (Å²) in [5, 5.41) is 3.11. The maximum absolute atomic E-state index is 12.2. The Balaban J connectivity index is 1.49. The van der Waals surface area contributed by atoms with E-state index in [1.807, 2.05) is 0 Å². The van der Waals surface area contributed by atoms with Gasteiger partial charge < -0.3 is 10.1 Å². The zero-order chi connectivity index (χ0) is 18.4. The van der Waals surface area contributed by atoms with Gasteiger partial charge in [-0.15, -0.1) is 0 Å². The highest BCUT2D eigenvalue weighted by atomic mass is 16.5. The molecule has 4 nitrogen and oxygen atoms in total. The molecule has 2 fully saturated rings. The van der Waals surface area contributed by atoms with Gasteiger partial charge in [0.05, 0.1) is 6.10 Å². The number of benzene rings is 1. The van der Waals surface area contributed by atoms with Crippen molar-refractivity contribution >= 4 is 5.91 Å². The quantitative estimate of drug-likeness (QED) is 0.807. The van der Waals surface area contributed by atoms with Gasteiger partial charge in [0, 0.05) is 39.2 Å². The molecular formula is C22H34N2O2. The predicted octanol–water partition coefficient (Wildman–Crippen LogP) is 3.74. The van der Waals surface area contributed by atoms with Crippen molar-refractivity contribution in [2.45, 2.75) is 65.1 Å². The largest absolute Gasteiger partial charge is 0.378 e. The predicted molar refractivity (Wildman–Crippen MR) is 105 cm³/mol. The highest BCUT2D eigenvalue weighted by Crippen LogP contribution is 2.23. The maximum Gasteiger partial charge on any atom is 0.220 e. The van der Waals surface area contributed by atoms with Crippen LogP contribution in [0.1, 0.15) is 57.1 Å². The Labute approximate surface area is 158 Å². The lowest BCUT2D eigenvalue weighted by atomic mass is 9.91. The summed E-state index contributed by atoms with van der Waals surface area (Å²) in [6.45, 7) is 9.51. The number of nitrogens with one attached hydrogen (secondary N) is 1. The first-order valence-corrected chi connectivity index (χ1v) is 10.3. The molecule has 3 rings (SSSR count). The second kappa shape index (κ2) is 9.52. The monoisotopic (exact) mass is 358 g/mol. The molecule has 0 aromatic heterocycles. The van der Waals surface area contributed by atoms with Crippen LogP contribution >= 0.6 is 0 Å². The fourth-order valence-corrected chi connectivity index (χ4v) is 4.49. The van der Waals surface area contributed by atoms with E-state index in [4.69, 9.17) is 4.74 Å². The van der Waals surface area contributed by atoms with Crippen LogP contribution in [0.5, 0.6) is 0 Å². The summed E-state index contributed by atoms with van der Waals surface area (Å²) in [5.41, 5.74) is 2.58. The normalized spacial score (nSPS) is 26.8. The van der Waals surface area contributed by atoms with E-state index in [2.05, 4.69) is 48.3 Å². The Hall–Kier alpha value is -1.39. The summed E-state index contributed by atoms with van der Waals surface area (Å²) in [4.78, 5) is 14.7. The molecule has 0 radical (unpaired) electrons. The Bertz CT molecular complexity index is 573. The number of hydrogen-bond acceptors (Lipinski definition) is 3. The van der Waals surface area contributed by atoms with Gasteiger partial charge >= 0.3 is 0 Å². The van der Waals surface area contributed by atoms with Crippen LogP contribution in [-0.2, 0) is 22.6 Å². The van der Waals surface area contributed by atoms with E-state index in [9.17, 15) is 4.79 Å². The SMILES string of the molecule is C[C@@H]1C[C@@H](C)CN(Cc2ccccc2CNC(=O)CC[C@@H]2CCCO2)C1. The van der Waals surface area contributed by atoms with Gasteiger partial charge in [0.1, 0.15) is 0 Å². The van der Waals surface area contributed by atoms with Crippen LogP contribution in [0.25, 0.3) is 0 Å². The van der Waals surface area contributed by atoms with Gasteiger partial charge in [-0.05, 0) is 48.6 Å². The summed E-state index contributed by atoms with van der Waals surface area (Å²) < 4.78 is 5.60. The number of rotatable bonds is 7. The van der Waals surface area contributed by atoms with E-state index in [1.54, 1.807) is 0 Å². The number of carbonyl (C=O) groups excluding carboxylic acids is 1. The lowest BCUT2D eigenvalue weighted by Crippen LogP contribution is -2.38. The zero-order valence-electron chi connectivity index (χ0n) is 16.4. The number of ether oxygens (including phenoxy) is 1. The summed E-state index contributed by atoms with van der Waals surface area (Å²) in [6, 6.07) is 8.53. The van der Waals surface area contributed by atoms with Gasteiger partial charge in [-0.3, -0.25) is 9.69 Å². The molecule has 0 unspecified atom stereocenters. The lowest BCUT2D eigenvalue weighted by Gasteiger charge is -2.35. The van der Waals surface area contributed by atoms with Crippen molar-refractivity contribution in [1.29, 1.82) is 0 Å². The maximum atomic E-state index is 12.2. The zero-order valence-corrected chi connectivity index (χ0v) is 16.4. The third kappa shape index (κ3) is 5.82. The Morgan fingerprint density at radius 2 is 1.92 bits per heavy atom. The minimum Gasteiger partial charge on any atom is -0.378 e. The molecule has 144 valence electrons. The molecule has 1 N–H and O–H groups in total. The minimum absolute atomic E-state index is 0.135. The molecular weight excluding hydrogens is 324 g/mol. The van der Waals surface area contributed by atoms with Gasteiger partial charge in [0.25, 0.3) is 0 Å². The molecule has 0 spiro atoms. The molecule has 4 heteroatoms. The molecule has 0 saturated carbocycles. The minimum atomic E-state index is 0.135. The first kappa shape index (κ1) is 19.4. The first-order valence-electron chi connectivity index (χ1n) is 10.3. The molecule has 1 amide bonds. The first-order chi connectivity index (χ1) is 12.6. The number of amides is 1. The summed E-state index contributed by atoms with van der Waals surface area (Å²) in [6.07, 6.45) is 5.26. The summed E-state index contributed by atoms with van der Waals surface area (Å²) in [7, 11) is 0. The van der Waals surface area contributed by atoms with Crippen LogP contribution in [0.2, 0.25) is 0 Å². The highest BCUT2D eigenvalue weighted by molar-refractivity contribution is 5.75. The second-order valence-corrected chi connectivity index (χ2v) is 8.36. The Morgan fingerprint density at radius 3 is 2.62 bits per heavy atom. The molecule has 2 heterocycles. The number of likely N-dealkylation sites (tertiary alicyclic amines) is 1. The highest BCUT2D eigenvalue weighted by Gasteiger charge is 2.22. The molecule has 1 aromatic rings. The Morgan fingerprint density at radius 1 is 1.19 bits per heavy atom. The van der Waals surface area contributed by atoms with Gasteiger partial charge in [-0.1, -0.05) is 38.1 Å². The van der Waals surface area contributed by atoms with E-state index >= 15 is 0 Å². The van der Waals surface area contributed by atoms with Crippen molar-refractivity contribution in [1.82, 2.24) is 10.2 Å². The third-order valence-electron chi connectivity index (χ3n) is 5.65. The summed E-state index contributed by atoms with van der Waals surface area (Å²) in [5.74, 6) is 1.67. The van der Waals surface area contributed by atoms with Crippen LogP contribution in [0.15, 0.2) is 24.3 Å². The number of nitrogens with zero attached hydrogens (tertiary/aromatic N) is 1. The van der Waals surface area contributed by atoms with Gasteiger partial charge in [0.2, 0.25) is 5.91 Å². The smallest absolute Gasteiger partial charge is 0.220 e. The second-order valence-electron chi connectivity index (χ2n) is 8.36. The third-order valence-corrected chi connectivity index (χ3v) is 5.65. The van der Waals surface area contributed by atoms with E-state index < -0.39 is 0 Å². The molecule has 2 saturated heterocycles. The van der Waals surface area contributed by atoms with Gasteiger partial charge in [0.15, 0.2) is 0 Å². The fourth-order valence-electron chi connectivity index (χ4n) is 4.49. The molecule has 1 aromatic carbocycles. The van der Waals surface area contributed by atoms with Crippen LogP contribution in [0.4, 0.5) is 0 Å². The number of hydrogen-bond donors (Lipinski definition) is 1. The molecule has 0 bridgehead atoms. The van der Waals surface area contributed by atoms with E-state index in [0.29, 0.717) is 13.0 Å². The molecule has 2 aliphatic rings. The van der Waals surface area contributed by atoms with Crippen LogP contribution in [0.3, 0.4) is 0 Å². The van der Waals surface area contributed by atoms with Crippen molar-refractivity contribution in [3.8, 4) is 0 Å². The lowest BCUT2D eigenvalue weighted by molar-refractivity contribution is -0.121. The van der Waals surface area contributed by atoms with Gasteiger partial charge in [-0.25, -0.2) is 0 Å². The molecule has 3 atom stereocenters. The number of carbonyl (C=O) groups is 1. The average Bonchev–Trinajstić information content (AvgIpc) is 3.12. The molecule has 2 aliphatic heterocycles. The van der Waals surface area contributed by atoms with E-state index in [0.717, 1.165) is 44.2 Å².